The summed E-state index contributed by atoms with van der Waals surface area (Å²) in [5.41, 5.74) is 6.35. The molecule has 4 rings (SSSR count). The smallest absolute Gasteiger partial charge is 0.316 e. The Labute approximate surface area is 185 Å². The molecule has 0 unspecified atom stereocenters. The second kappa shape index (κ2) is 10.1. The number of fused-ring (bicyclic) bond motifs is 1. The maximum absolute atomic E-state index is 11.1. The number of methoxy groups -OCH3 is 1. The van der Waals surface area contributed by atoms with Crippen LogP contribution in [0.5, 0.6) is 23.1 Å². The van der Waals surface area contributed by atoms with Crippen LogP contribution in [0.1, 0.15) is 0 Å². The molecule has 1 saturated heterocycles. The number of nitrogens with two attached hydrogens (primary N) is 1. The molecule has 0 radical (unpaired) electrons. The summed E-state index contributed by atoms with van der Waals surface area (Å²) in [7, 11) is 1.59. The number of hydrogen-bond acceptors (Lipinski definition) is 8. The van der Waals surface area contributed by atoms with Gasteiger partial charge in [0, 0.05) is 37.5 Å². The minimum Gasteiger partial charge on any atom is -0.493 e. The fraction of sp³-hybridized carbons (Fsp3) is 0.318. The van der Waals surface area contributed by atoms with E-state index in [1.54, 1.807) is 37.4 Å². The number of morpholine rings is 1. The Hall–Kier alpha value is -3.63. The fourth-order valence-electron chi connectivity index (χ4n) is 3.39. The Morgan fingerprint density at radius 3 is 2.81 bits per heavy atom. The predicted octanol–water partition coefficient (Wildman–Crippen LogP) is 2.63. The maximum atomic E-state index is 11.1. The van der Waals surface area contributed by atoms with E-state index in [2.05, 4.69) is 20.2 Å². The summed E-state index contributed by atoms with van der Waals surface area (Å²) < 4.78 is 22.9. The van der Waals surface area contributed by atoms with E-state index in [1.165, 1.54) is 6.33 Å². The van der Waals surface area contributed by atoms with Crippen molar-refractivity contribution in [3.05, 3.63) is 42.7 Å². The van der Waals surface area contributed by atoms with Crippen LogP contribution in [0, 0.1) is 0 Å². The number of hydrogen-bond donors (Lipinski definition) is 2. The first-order chi connectivity index (χ1) is 15.6. The number of urea groups is 1. The van der Waals surface area contributed by atoms with E-state index in [1.807, 2.05) is 6.07 Å². The van der Waals surface area contributed by atoms with E-state index < -0.39 is 6.03 Å². The molecule has 32 heavy (non-hydrogen) atoms. The molecular weight excluding hydrogens is 414 g/mol. The summed E-state index contributed by atoms with van der Waals surface area (Å²) in [6, 6.07) is 9.81. The Kier molecular flexibility index (Phi) is 6.83. The summed E-state index contributed by atoms with van der Waals surface area (Å²) in [6.07, 6.45) is 1.42. The van der Waals surface area contributed by atoms with Gasteiger partial charge in [0.2, 0.25) is 5.88 Å². The third-order valence-corrected chi connectivity index (χ3v) is 4.97. The molecule has 3 N–H and O–H groups in total. The molecule has 2 heterocycles. The highest BCUT2D eigenvalue weighted by molar-refractivity contribution is 5.88. The monoisotopic (exact) mass is 439 g/mol. The van der Waals surface area contributed by atoms with Gasteiger partial charge in [0.15, 0.2) is 11.5 Å². The lowest BCUT2D eigenvalue weighted by molar-refractivity contribution is 0.0321. The van der Waals surface area contributed by atoms with Crippen LogP contribution in [-0.2, 0) is 4.74 Å². The van der Waals surface area contributed by atoms with Crippen molar-refractivity contribution in [1.29, 1.82) is 0 Å². The SMILES string of the molecule is COc1cc2ncnc(Oc3cccc(NC(N)=O)c3)c2cc1OCCN1CCOCC1. The zero-order valence-electron chi connectivity index (χ0n) is 17.7. The molecule has 0 spiro atoms. The van der Waals surface area contributed by atoms with Crippen molar-refractivity contribution in [2.45, 2.75) is 0 Å². The highest BCUT2D eigenvalue weighted by atomic mass is 16.5. The molecule has 0 bridgehead atoms. The van der Waals surface area contributed by atoms with Crippen LogP contribution in [0.25, 0.3) is 10.9 Å². The van der Waals surface area contributed by atoms with Gasteiger partial charge in [0.25, 0.3) is 0 Å². The summed E-state index contributed by atoms with van der Waals surface area (Å²) >= 11 is 0. The number of anilines is 1. The van der Waals surface area contributed by atoms with Gasteiger partial charge in [-0.3, -0.25) is 4.90 Å². The van der Waals surface area contributed by atoms with Crippen LogP contribution in [0.15, 0.2) is 42.7 Å². The number of nitrogens with zero attached hydrogens (tertiary/aromatic N) is 3. The molecular formula is C22H25N5O5. The van der Waals surface area contributed by atoms with Gasteiger partial charge in [-0.1, -0.05) is 6.07 Å². The average Bonchev–Trinajstić information content (AvgIpc) is 2.79. The van der Waals surface area contributed by atoms with Crippen LogP contribution in [-0.4, -0.2) is 67.5 Å². The van der Waals surface area contributed by atoms with Crippen LogP contribution in [0.4, 0.5) is 10.5 Å². The lowest BCUT2D eigenvalue weighted by Gasteiger charge is -2.26. The quantitative estimate of drug-likeness (QED) is 0.549. The van der Waals surface area contributed by atoms with E-state index in [9.17, 15) is 4.79 Å². The highest BCUT2D eigenvalue weighted by Crippen LogP contribution is 2.36. The van der Waals surface area contributed by atoms with Gasteiger partial charge in [0.1, 0.15) is 18.7 Å². The van der Waals surface area contributed by atoms with E-state index in [4.69, 9.17) is 24.7 Å². The first kappa shape index (κ1) is 21.6. The van der Waals surface area contributed by atoms with Crippen LogP contribution < -0.4 is 25.3 Å². The Morgan fingerprint density at radius 1 is 1.19 bits per heavy atom. The number of aromatic nitrogens is 2. The van der Waals surface area contributed by atoms with Gasteiger partial charge >= 0.3 is 6.03 Å². The highest BCUT2D eigenvalue weighted by Gasteiger charge is 2.15. The van der Waals surface area contributed by atoms with Crippen molar-refractivity contribution < 1.29 is 23.7 Å². The van der Waals surface area contributed by atoms with Gasteiger partial charge in [-0.25, -0.2) is 14.8 Å². The zero-order chi connectivity index (χ0) is 22.3. The van der Waals surface area contributed by atoms with Gasteiger partial charge in [-0.05, 0) is 18.2 Å². The number of rotatable bonds is 8. The molecule has 0 aliphatic carbocycles. The molecule has 1 fully saturated rings. The fourth-order valence-corrected chi connectivity index (χ4v) is 3.39. The molecule has 168 valence electrons. The number of benzene rings is 2. The number of primary amides is 1. The van der Waals surface area contributed by atoms with Crippen molar-refractivity contribution in [1.82, 2.24) is 14.9 Å². The summed E-state index contributed by atoms with van der Waals surface area (Å²) in [5.74, 6) is 2.00. The third kappa shape index (κ3) is 5.34. The molecule has 1 aliphatic heterocycles. The van der Waals surface area contributed by atoms with Crippen molar-refractivity contribution in [2.75, 3.05) is 51.9 Å². The van der Waals surface area contributed by atoms with Crippen LogP contribution >= 0.6 is 0 Å². The van der Waals surface area contributed by atoms with E-state index in [-0.39, 0.29) is 0 Å². The first-order valence-corrected chi connectivity index (χ1v) is 10.2. The summed E-state index contributed by atoms with van der Waals surface area (Å²) in [4.78, 5) is 22.0. The Bertz CT molecular complexity index is 1090. The van der Waals surface area contributed by atoms with Gasteiger partial charge in [-0.2, -0.15) is 0 Å². The number of ether oxygens (including phenoxy) is 4. The number of carbonyl (C=O) groups is 1. The molecule has 10 nitrogen and oxygen atoms in total. The molecule has 0 atom stereocenters. The van der Waals surface area contributed by atoms with E-state index in [0.29, 0.717) is 46.3 Å². The van der Waals surface area contributed by atoms with E-state index in [0.717, 1.165) is 32.8 Å². The van der Waals surface area contributed by atoms with Crippen molar-refractivity contribution in [3.8, 4) is 23.1 Å². The number of carbonyl (C=O) groups excluding carboxylic acids is 1. The minimum absolute atomic E-state index is 0.354. The van der Waals surface area contributed by atoms with E-state index >= 15 is 0 Å². The number of amides is 2. The van der Waals surface area contributed by atoms with Crippen molar-refractivity contribution >= 4 is 22.6 Å². The first-order valence-electron chi connectivity index (χ1n) is 10.2. The average molecular weight is 439 g/mol. The molecule has 2 amide bonds. The lowest BCUT2D eigenvalue weighted by atomic mass is 10.2. The molecule has 10 heteroatoms. The van der Waals surface area contributed by atoms with Crippen molar-refractivity contribution in [3.63, 3.8) is 0 Å². The van der Waals surface area contributed by atoms with Gasteiger partial charge in [-0.15, -0.1) is 0 Å². The topological polar surface area (TPSA) is 121 Å². The lowest BCUT2D eigenvalue weighted by Crippen LogP contribution is -2.38. The summed E-state index contributed by atoms with van der Waals surface area (Å²) in [6.45, 7) is 4.58. The van der Waals surface area contributed by atoms with Crippen LogP contribution in [0.2, 0.25) is 0 Å². The maximum Gasteiger partial charge on any atom is 0.316 e. The molecule has 3 aromatic rings. The van der Waals surface area contributed by atoms with Gasteiger partial charge < -0.3 is 30.0 Å². The molecule has 1 aromatic heterocycles. The summed E-state index contributed by atoms with van der Waals surface area (Å²) in [5, 5.41) is 3.19. The van der Waals surface area contributed by atoms with Gasteiger partial charge in [0.05, 0.1) is 31.2 Å². The molecule has 0 saturated carbocycles. The number of nitrogens with one attached hydrogen (secondary N) is 1. The predicted molar refractivity (Wildman–Crippen MR) is 119 cm³/mol. The largest absolute Gasteiger partial charge is 0.493 e. The third-order valence-electron chi connectivity index (χ3n) is 4.97. The molecule has 1 aliphatic rings. The second-order valence-electron chi connectivity index (χ2n) is 7.12. The Balaban J connectivity index is 1.55. The molecule has 2 aromatic carbocycles. The zero-order valence-corrected chi connectivity index (χ0v) is 17.7. The van der Waals surface area contributed by atoms with Crippen LogP contribution in [0.3, 0.4) is 0 Å². The van der Waals surface area contributed by atoms with Crippen molar-refractivity contribution in [2.24, 2.45) is 5.73 Å². The normalized spacial score (nSPS) is 14.2. The minimum atomic E-state index is -0.652. The second-order valence-corrected chi connectivity index (χ2v) is 7.12. The Morgan fingerprint density at radius 2 is 2.03 bits per heavy atom. The standard InChI is InChI=1S/C22H25N5O5/c1-29-19-13-18-17(12-20(19)31-10-7-27-5-8-30-9-6-27)21(25-14-24-18)32-16-4-2-3-15(11-16)26-22(23)28/h2-4,11-14H,5-10H2,1H3,(H3,23,26,28).